The largest absolute Gasteiger partial charge is 0.184 e. The Hall–Kier alpha value is 0.908. The smallest absolute Gasteiger partial charge is 0 e. The van der Waals surface area contributed by atoms with E-state index in [-0.39, 0.29) is 51.3 Å². The molecule has 0 saturated carbocycles. The molecule has 0 nitrogen and oxygen atoms in total. The summed E-state index contributed by atoms with van der Waals surface area (Å²) in [5.74, 6) is 0. The van der Waals surface area contributed by atoms with Gasteiger partial charge in [0.25, 0.3) is 0 Å². The molecule has 0 aliphatic heterocycles. The topological polar surface area (TPSA) is 0 Å². The van der Waals surface area contributed by atoms with Crippen LogP contribution in [0.5, 0.6) is 0 Å². The minimum absolute atomic E-state index is 0. The Labute approximate surface area is 86.8 Å². The molecule has 0 aromatic heterocycles. The van der Waals surface area contributed by atoms with Gasteiger partial charge in [-0.15, -0.1) is 0 Å². The molecule has 0 spiro atoms. The van der Waals surface area contributed by atoms with Gasteiger partial charge in [-0.2, -0.15) is 36.4 Å². The molecule has 1 aromatic carbocycles. The molecule has 0 N–H and O–H groups in total. The molecule has 0 fully saturated rings. The molecule has 0 atom stereocenters. The summed E-state index contributed by atoms with van der Waals surface area (Å²) in [7, 11) is 0. The van der Waals surface area contributed by atoms with Crippen LogP contribution in [0.2, 0.25) is 0 Å². The van der Waals surface area contributed by atoms with Gasteiger partial charge in [0, 0.05) is 51.3 Å². The maximum absolute atomic E-state index is 2.89. The van der Waals surface area contributed by atoms with E-state index in [1.165, 1.54) is 0 Å². The van der Waals surface area contributed by atoms with Crippen molar-refractivity contribution < 1.29 is 51.3 Å². The normalized spacial score (nSPS) is 6.00. The molecule has 0 aliphatic rings. The zero-order valence-electron chi connectivity index (χ0n) is 4.41. The van der Waals surface area contributed by atoms with Crippen LogP contribution < -0.4 is 0 Å². The predicted octanol–water partition coefficient (Wildman–Crippen LogP) is 1.48. The van der Waals surface area contributed by atoms with Crippen LogP contribution in [0.4, 0.5) is 0 Å². The van der Waals surface area contributed by atoms with E-state index in [4.69, 9.17) is 0 Å². The summed E-state index contributed by atoms with van der Waals surface area (Å²) < 4.78 is 0. The summed E-state index contributed by atoms with van der Waals surface area (Å²) in [5, 5.41) is 0. The van der Waals surface area contributed by atoms with E-state index in [1.54, 1.807) is 0 Å². The first-order chi connectivity index (χ1) is 3.00. The van der Waals surface area contributed by atoms with Gasteiger partial charge in [0.15, 0.2) is 0 Å². The molecular formula is C6H5VY-. The summed E-state index contributed by atoms with van der Waals surface area (Å²) in [5.41, 5.74) is 0. The SMILES string of the molecule is [V].[Y].[c-]1ccccc1. The molecule has 0 unspecified atom stereocenters. The van der Waals surface area contributed by atoms with Crippen molar-refractivity contribution in [1.29, 1.82) is 0 Å². The average molecular weight is 217 g/mol. The van der Waals surface area contributed by atoms with Crippen LogP contribution in [0.15, 0.2) is 30.3 Å². The van der Waals surface area contributed by atoms with Crippen molar-refractivity contribution in [3.05, 3.63) is 36.4 Å². The molecule has 1 rings (SSSR count). The van der Waals surface area contributed by atoms with Gasteiger partial charge in [-0.25, -0.2) is 0 Å². The van der Waals surface area contributed by atoms with Gasteiger partial charge in [-0.1, -0.05) is 0 Å². The fourth-order valence-corrected chi connectivity index (χ4v) is 0.342. The van der Waals surface area contributed by atoms with Crippen molar-refractivity contribution in [2.75, 3.05) is 0 Å². The summed E-state index contributed by atoms with van der Waals surface area (Å²) in [6.45, 7) is 0. The van der Waals surface area contributed by atoms with E-state index < -0.39 is 0 Å². The van der Waals surface area contributed by atoms with Gasteiger partial charge >= 0.3 is 0 Å². The van der Waals surface area contributed by atoms with Crippen molar-refractivity contribution >= 4 is 0 Å². The molecule has 8 heavy (non-hydrogen) atoms. The van der Waals surface area contributed by atoms with Gasteiger partial charge < -0.3 is 0 Å². The molecule has 2 radical (unpaired) electrons. The van der Waals surface area contributed by atoms with E-state index in [0.717, 1.165) is 0 Å². The Morgan fingerprint density at radius 3 is 1.50 bits per heavy atom. The Morgan fingerprint density at radius 2 is 1.38 bits per heavy atom. The minimum Gasteiger partial charge on any atom is -0.184 e. The van der Waals surface area contributed by atoms with Crippen LogP contribution in [0.25, 0.3) is 0 Å². The Balaban J connectivity index is 0. The zero-order chi connectivity index (χ0) is 4.24. The number of hydrogen-bond donors (Lipinski definition) is 0. The van der Waals surface area contributed by atoms with Gasteiger partial charge in [-0.05, 0) is 0 Å². The van der Waals surface area contributed by atoms with Crippen LogP contribution >= 0.6 is 0 Å². The second-order valence-corrected chi connectivity index (χ2v) is 1.08. The van der Waals surface area contributed by atoms with Crippen molar-refractivity contribution in [3.8, 4) is 0 Å². The first-order valence-electron chi connectivity index (χ1n) is 1.91. The fourth-order valence-electron chi connectivity index (χ4n) is 0.342. The molecule has 1 aromatic rings. The molecule has 0 amide bonds. The summed E-state index contributed by atoms with van der Waals surface area (Å²) >= 11 is 0. The third-order valence-corrected chi connectivity index (χ3v) is 0.607. The Morgan fingerprint density at radius 1 is 0.875 bits per heavy atom. The Bertz CT molecular complexity index is 80.5. The van der Waals surface area contributed by atoms with Gasteiger partial charge in [0.1, 0.15) is 0 Å². The van der Waals surface area contributed by atoms with Crippen LogP contribution in [-0.2, 0) is 51.3 Å². The summed E-state index contributed by atoms with van der Waals surface area (Å²) in [4.78, 5) is 0. The van der Waals surface area contributed by atoms with Crippen molar-refractivity contribution in [2.45, 2.75) is 0 Å². The third kappa shape index (κ3) is 5.05. The second kappa shape index (κ2) is 7.91. The quantitative estimate of drug-likeness (QED) is 0.577. The first kappa shape index (κ1) is 11.7. The van der Waals surface area contributed by atoms with E-state index >= 15 is 0 Å². The van der Waals surface area contributed by atoms with Gasteiger partial charge in [0.05, 0.1) is 0 Å². The van der Waals surface area contributed by atoms with E-state index in [0.29, 0.717) is 0 Å². The molecule has 0 aliphatic carbocycles. The molecule has 2 heteroatoms. The number of benzene rings is 1. The monoisotopic (exact) mass is 217 g/mol. The minimum atomic E-state index is 0. The Kier molecular flexibility index (Phi) is 11.5. The number of rotatable bonds is 0. The van der Waals surface area contributed by atoms with Crippen molar-refractivity contribution in [1.82, 2.24) is 0 Å². The summed E-state index contributed by atoms with van der Waals surface area (Å²) in [6, 6.07) is 12.5. The van der Waals surface area contributed by atoms with E-state index in [2.05, 4.69) is 6.07 Å². The van der Waals surface area contributed by atoms with Gasteiger partial charge in [-0.3, -0.25) is 0 Å². The molecular weight excluding hydrogens is 212 g/mol. The van der Waals surface area contributed by atoms with Crippen LogP contribution in [0, 0.1) is 6.07 Å². The average Bonchev–Trinajstić information content (AvgIpc) is 1.72. The van der Waals surface area contributed by atoms with Crippen LogP contribution in [0.1, 0.15) is 0 Å². The molecule has 0 bridgehead atoms. The summed E-state index contributed by atoms with van der Waals surface area (Å²) in [6.07, 6.45) is 0. The van der Waals surface area contributed by atoms with Crippen LogP contribution in [-0.4, -0.2) is 0 Å². The molecule has 0 saturated heterocycles. The van der Waals surface area contributed by atoms with Gasteiger partial charge in [0.2, 0.25) is 0 Å². The van der Waals surface area contributed by atoms with Crippen molar-refractivity contribution in [2.24, 2.45) is 0 Å². The molecule has 38 valence electrons. The number of hydrogen-bond acceptors (Lipinski definition) is 0. The van der Waals surface area contributed by atoms with E-state index in [9.17, 15) is 0 Å². The van der Waals surface area contributed by atoms with Crippen LogP contribution in [0.3, 0.4) is 0 Å². The maximum Gasteiger partial charge on any atom is 0 e. The standard InChI is InChI=1S/C6H5.V.Y/c1-2-4-6-5-3-1;;/h1-5H;;/q-1;;. The van der Waals surface area contributed by atoms with E-state index in [1.807, 2.05) is 30.3 Å². The molecule has 0 heterocycles. The predicted molar refractivity (Wildman–Crippen MR) is 25.3 cm³/mol. The maximum atomic E-state index is 2.89. The van der Waals surface area contributed by atoms with Crippen molar-refractivity contribution in [3.63, 3.8) is 0 Å². The first-order valence-corrected chi connectivity index (χ1v) is 1.91. The fraction of sp³-hybridized carbons (Fsp3) is 0. The third-order valence-electron chi connectivity index (χ3n) is 0.607. The second-order valence-electron chi connectivity index (χ2n) is 1.08. The zero-order valence-corrected chi connectivity index (χ0v) is 8.65.